The summed E-state index contributed by atoms with van der Waals surface area (Å²) in [4.78, 5) is 17.0. The van der Waals surface area contributed by atoms with E-state index in [2.05, 4.69) is 31.9 Å². The first-order valence-corrected chi connectivity index (χ1v) is 12.5. The first kappa shape index (κ1) is 21.0. The lowest BCUT2D eigenvalue weighted by atomic mass is 9.47. The van der Waals surface area contributed by atoms with Gasteiger partial charge in [-0.05, 0) is 99.8 Å². The van der Waals surface area contributed by atoms with Crippen molar-refractivity contribution >= 4 is 5.91 Å². The number of ether oxygens (including phenoxy) is 1. The van der Waals surface area contributed by atoms with Crippen LogP contribution in [0.1, 0.15) is 65.2 Å². The molecule has 0 aromatic rings. The third-order valence-corrected chi connectivity index (χ3v) is 10.9. The number of fused-ring (bicyclic) bond motifs is 4. The summed E-state index contributed by atoms with van der Waals surface area (Å²) in [6, 6.07) is 1.12. The fourth-order valence-electron chi connectivity index (χ4n) is 9.20. The molecule has 3 saturated carbocycles. The average Bonchev–Trinajstić information content (AvgIpc) is 3.21. The molecule has 4 nitrogen and oxygen atoms in total. The van der Waals surface area contributed by atoms with E-state index < -0.39 is 0 Å². The fourth-order valence-corrected chi connectivity index (χ4v) is 9.20. The van der Waals surface area contributed by atoms with Crippen LogP contribution in [-0.4, -0.2) is 62.1 Å². The number of amides is 1. The molecule has 0 radical (unpaired) electrons. The van der Waals surface area contributed by atoms with Gasteiger partial charge in [-0.3, -0.25) is 4.79 Å². The predicted molar refractivity (Wildman–Crippen MR) is 120 cm³/mol. The molecule has 0 aromatic carbocycles. The molecular weight excluding hydrogens is 372 g/mol. The number of hydrogen-bond acceptors (Lipinski definition) is 3. The number of carbonyl (C=O) groups excluding carboxylic acids is 1. The molecule has 8 atom stereocenters. The number of methoxy groups -OCH3 is 1. The maximum Gasteiger partial charge on any atom is 0.248 e. The number of allylic oxidation sites excluding steroid dienone is 1. The zero-order chi connectivity index (χ0) is 21.3. The summed E-state index contributed by atoms with van der Waals surface area (Å²) < 4.78 is 5.09. The summed E-state index contributed by atoms with van der Waals surface area (Å²) in [5, 5.41) is 0. The normalized spacial score (nSPS) is 47.7. The van der Waals surface area contributed by atoms with Crippen molar-refractivity contribution in [3.8, 4) is 0 Å². The average molecular weight is 415 g/mol. The van der Waals surface area contributed by atoms with Crippen LogP contribution in [0.5, 0.6) is 0 Å². The third kappa shape index (κ3) is 2.81. The zero-order valence-corrected chi connectivity index (χ0v) is 19.8. The fraction of sp³-hybridized carbons (Fsp3) is 0.885. The summed E-state index contributed by atoms with van der Waals surface area (Å²) in [5.74, 6) is 3.74. The van der Waals surface area contributed by atoms with E-state index >= 15 is 0 Å². The molecule has 0 bridgehead atoms. The highest BCUT2D eigenvalue weighted by Crippen LogP contribution is 2.68. The summed E-state index contributed by atoms with van der Waals surface area (Å²) in [7, 11) is 5.95. The van der Waals surface area contributed by atoms with Gasteiger partial charge in [0.25, 0.3) is 0 Å². The van der Waals surface area contributed by atoms with Gasteiger partial charge in [0.15, 0.2) is 0 Å². The second-order valence-corrected chi connectivity index (χ2v) is 11.7. The summed E-state index contributed by atoms with van der Waals surface area (Å²) in [6.07, 6.45) is 13.2. The molecule has 30 heavy (non-hydrogen) atoms. The van der Waals surface area contributed by atoms with E-state index in [-0.39, 0.29) is 12.5 Å². The zero-order valence-electron chi connectivity index (χ0n) is 19.8. The van der Waals surface area contributed by atoms with Gasteiger partial charge >= 0.3 is 0 Å². The maximum absolute atomic E-state index is 12.4. The summed E-state index contributed by atoms with van der Waals surface area (Å²) in [6.45, 7) is 6.60. The quantitative estimate of drug-likeness (QED) is 0.644. The summed E-state index contributed by atoms with van der Waals surface area (Å²) in [5.41, 5.74) is 2.64. The number of likely N-dealkylation sites (tertiary alicyclic amines) is 1. The highest BCUT2D eigenvalue weighted by Gasteiger charge is 2.64. The second-order valence-electron chi connectivity index (χ2n) is 11.7. The molecule has 1 spiro atoms. The smallest absolute Gasteiger partial charge is 0.248 e. The first-order valence-electron chi connectivity index (χ1n) is 12.5. The molecule has 1 unspecified atom stereocenters. The van der Waals surface area contributed by atoms with Crippen LogP contribution in [-0.2, 0) is 9.53 Å². The Balaban J connectivity index is 1.37. The molecule has 4 aliphatic carbocycles. The molecule has 168 valence electrons. The van der Waals surface area contributed by atoms with Gasteiger partial charge in [-0.15, -0.1) is 0 Å². The monoisotopic (exact) mass is 414 g/mol. The van der Waals surface area contributed by atoms with Crippen molar-refractivity contribution in [2.75, 3.05) is 34.4 Å². The number of hydrogen-bond donors (Lipinski definition) is 0. The Bertz CT molecular complexity index is 735. The Morgan fingerprint density at radius 1 is 1.20 bits per heavy atom. The minimum absolute atomic E-state index is 0.122. The van der Waals surface area contributed by atoms with Gasteiger partial charge in [0.2, 0.25) is 5.91 Å². The lowest BCUT2D eigenvalue weighted by Gasteiger charge is -2.58. The molecule has 4 heteroatoms. The van der Waals surface area contributed by atoms with Crippen LogP contribution in [0.4, 0.5) is 0 Å². The van der Waals surface area contributed by atoms with E-state index in [1.54, 1.807) is 12.7 Å². The number of rotatable bonds is 3. The Morgan fingerprint density at radius 3 is 2.73 bits per heavy atom. The van der Waals surface area contributed by atoms with Crippen LogP contribution < -0.4 is 0 Å². The van der Waals surface area contributed by atoms with E-state index in [4.69, 9.17) is 4.74 Å². The van der Waals surface area contributed by atoms with Crippen LogP contribution in [0.15, 0.2) is 11.6 Å². The summed E-state index contributed by atoms with van der Waals surface area (Å²) >= 11 is 0. The highest BCUT2D eigenvalue weighted by atomic mass is 16.5. The van der Waals surface area contributed by atoms with E-state index in [0.29, 0.717) is 16.9 Å². The van der Waals surface area contributed by atoms with Crippen molar-refractivity contribution in [2.45, 2.75) is 77.3 Å². The molecule has 0 aromatic heterocycles. The number of likely N-dealkylation sites (N-methyl/N-ethyl adjacent to an activating group) is 1. The van der Waals surface area contributed by atoms with Crippen LogP contribution in [0.25, 0.3) is 0 Å². The Morgan fingerprint density at radius 2 is 1.97 bits per heavy atom. The molecule has 0 N–H and O–H groups in total. The molecule has 1 amide bonds. The molecule has 1 heterocycles. The van der Waals surface area contributed by atoms with Gasteiger partial charge < -0.3 is 14.5 Å². The van der Waals surface area contributed by atoms with Gasteiger partial charge in [0, 0.05) is 32.8 Å². The van der Waals surface area contributed by atoms with Gasteiger partial charge in [-0.1, -0.05) is 18.6 Å². The maximum atomic E-state index is 12.4. The molecule has 4 fully saturated rings. The molecular formula is C26H42N2O2. The van der Waals surface area contributed by atoms with Gasteiger partial charge in [-0.2, -0.15) is 0 Å². The van der Waals surface area contributed by atoms with Crippen molar-refractivity contribution in [1.29, 1.82) is 0 Å². The third-order valence-electron chi connectivity index (χ3n) is 10.9. The van der Waals surface area contributed by atoms with E-state index in [1.807, 2.05) is 11.9 Å². The van der Waals surface area contributed by atoms with Gasteiger partial charge in [0.05, 0.1) is 0 Å². The highest BCUT2D eigenvalue weighted by molar-refractivity contribution is 5.77. The van der Waals surface area contributed by atoms with Crippen LogP contribution >= 0.6 is 0 Å². The number of carbonyl (C=O) groups is 1. The topological polar surface area (TPSA) is 32.8 Å². The molecule has 5 aliphatic rings. The van der Waals surface area contributed by atoms with Gasteiger partial charge in [0.1, 0.15) is 6.61 Å². The lowest BCUT2D eigenvalue weighted by Crippen LogP contribution is -2.53. The van der Waals surface area contributed by atoms with Crippen LogP contribution in [0, 0.1) is 34.5 Å². The Kier molecular flexibility index (Phi) is 5.13. The predicted octanol–water partition coefficient (Wildman–Crippen LogP) is 4.35. The lowest BCUT2D eigenvalue weighted by molar-refractivity contribution is -0.137. The van der Waals surface area contributed by atoms with Crippen molar-refractivity contribution in [3.63, 3.8) is 0 Å². The largest absolute Gasteiger partial charge is 0.375 e. The van der Waals surface area contributed by atoms with Crippen molar-refractivity contribution in [3.05, 3.63) is 11.6 Å². The molecule has 5 rings (SSSR count). The first-order chi connectivity index (χ1) is 14.3. The van der Waals surface area contributed by atoms with Gasteiger partial charge in [-0.25, -0.2) is 0 Å². The standard InChI is InChI=1S/C26H42N2O2/c1-17-21-8-9-23-20-7-6-18-14-19(28(4)24(29)15-30-5)10-12-25(18,2)22(20)11-13-26(21,23)16-27(17)3/h6,17,19-23H,7-16H2,1-5H3/t17-,19-,20+,21+,22?,23-,25-,26-/m0/s1. The van der Waals surface area contributed by atoms with E-state index in [9.17, 15) is 4.79 Å². The molecule has 1 aliphatic heterocycles. The Hall–Kier alpha value is -0.870. The van der Waals surface area contributed by atoms with Crippen molar-refractivity contribution in [2.24, 2.45) is 34.5 Å². The Labute approximate surface area is 183 Å². The minimum atomic E-state index is 0.122. The van der Waals surface area contributed by atoms with E-state index in [0.717, 1.165) is 42.6 Å². The van der Waals surface area contributed by atoms with Crippen molar-refractivity contribution < 1.29 is 9.53 Å². The van der Waals surface area contributed by atoms with Crippen LogP contribution in [0.3, 0.4) is 0 Å². The number of nitrogens with zero attached hydrogens (tertiary/aromatic N) is 2. The van der Waals surface area contributed by atoms with Crippen LogP contribution in [0.2, 0.25) is 0 Å². The second kappa shape index (κ2) is 7.33. The minimum Gasteiger partial charge on any atom is -0.375 e. The van der Waals surface area contributed by atoms with Crippen molar-refractivity contribution in [1.82, 2.24) is 9.80 Å². The van der Waals surface area contributed by atoms with E-state index in [1.165, 1.54) is 45.1 Å². The SMILES string of the molecule is COCC(=O)N(C)[C@H]1CC[C@@]2(C)C(=CC[C@@H]3C2CC[C@]24CN(C)[C@@H](C)[C@H]2CC[C@@H]34)C1. The molecule has 1 saturated heterocycles.